The third-order valence-electron chi connectivity index (χ3n) is 13.1. The first-order valence-corrected chi connectivity index (χ1v) is 24.9. The van der Waals surface area contributed by atoms with E-state index in [2.05, 4.69) is 117 Å². The summed E-state index contributed by atoms with van der Waals surface area (Å²) in [7, 11) is 0. The van der Waals surface area contributed by atoms with E-state index in [0.29, 0.717) is 52.4 Å². The molecule has 0 saturated carbocycles. The molecule has 3 heterocycles. The van der Waals surface area contributed by atoms with Gasteiger partial charge in [-0.05, 0) is 54.2 Å². The minimum atomic E-state index is 0.597. The molecule has 12 rings (SSSR count). The highest BCUT2D eigenvalue weighted by atomic mass is 15.1. The second-order valence-electron chi connectivity index (χ2n) is 18.4. The zero-order valence-electron chi connectivity index (χ0n) is 41.2. The molecular weight excluding hydrogens is 919 g/mol. The predicted octanol–water partition coefficient (Wildman–Crippen LogP) is 15.1. The molecule has 0 N–H and O–H groups in total. The first kappa shape index (κ1) is 46.1. The van der Waals surface area contributed by atoms with Gasteiger partial charge in [0.05, 0.1) is 0 Å². The van der Waals surface area contributed by atoms with Gasteiger partial charge in [-0.15, -0.1) is 0 Å². The lowest BCUT2D eigenvalue weighted by Crippen LogP contribution is -2.01. The van der Waals surface area contributed by atoms with Crippen LogP contribution in [0.25, 0.3) is 114 Å². The van der Waals surface area contributed by atoms with Crippen molar-refractivity contribution in [1.29, 1.82) is 0 Å². The van der Waals surface area contributed by atoms with Crippen molar-refractivity contribution >= 4 is 0 Å². The molecule has 0 unspecified atom stereocenters. The van der Waals surface area contributed by atoms with Gasteiger partial charge in [0.15, 0.2) is 52.4 Å². The summed E-state index contributed by atoms with van der Waals surface area (Å²) in [6.45, 7) is 4.18. The molecular formula is C66H47N9. The van der Waals surface area contributed by atoms with Crippen LogP contribution >= 0.6 is 0 Å². The number of nitrogens with zero attached hydrogens (tertiary/aromatic N) is 9. The number of hydrogen-bond acceptors (Lipinski definition) is 9. The highest BCUT2D eigenvalue weighted by Gasteiger charge is 2.17. The molecule has 9 aromatic carbocycles. The fourth-order valence-electron chi connectivity index (χ4n) is 9.10. The predicted molar refractivity (Wildman–Crippen MR) is 300 cm³/mol. The van der Waals surface area contributed by atoms with E-state index < -0.39 is 0 Å². The second kappa shape index (κ2) is 20.6. The second-order valence-corrected chi connectivity index (χ2v) is 18.4. The van der Waals surface area contributed by atoms with Crippen molar-refractivity contribution in [3.63, 3.8) is 0 Å². The largest absolute Gasteiger partial charge is 0.208 e. The van der Waals surface area contributed by atoms with Gasteiger partial charge in [-0.25, -0.2) is 44.9 Å². The molecule has 0 saturated heterocycles. The molecule has 9 nitrogen and oxygen atoms in total. The SMILES string of the molecule is Cc1cccc(-c2nc(-c3ccccc3)nc(-c3ccc(Cc4ccc(-c5nc(-c6ccccc6)nc(-c6ccc(-c7ccc(-c8nc(-c9ccccc9)nc(-c9ccccc9)n8)c(C)c7)cc6)n5)cc4)cc3)n2)c1. The van der Waals surface area contributed by atoms with Crippen LogP contribution in [0.1, 0.15) is 22.3 Å². The van der Waals surface area contributed by atoms with E-state index in [1.807, 2.05) is 133 Å². The summed E-state index contributed by atoms with van der Waals surface area (Å²) in [5.74, 6) is 5.63. The Labute approximate surface area is 435 Å². The van der Waals surface area contributed by atoms with Gasteiger partial charge in [0.1, 0.15) is 0 Å². The smallest absolute Gasteiger partial charge is 0.164 e. The van der Waals surface area contributed by atoms with E-state index in [9.17, 15) is 0 Å². The molecule has 3 aromatic heterocycles. The standard InChI is InChI=1S/C66H47N9/c1-43-16-15-25-56(40-43)65-72-59(49-19-9-4-10-20-49)69-63(73-65)53-32-28-46(29-33-53)42-45-26-30-52(31-27-45)62-67-58(48-17-7-3-8-18-48)68-64(71-62)54-36-34-47(35-37-54)55-38-39-57(44(2)41-55)66-74-60(50-21-11-5-12-22-50)70-61(75-66)51-23-13-6-14-24-51/h3-41H,42H2,1-2H3. The normalized spacial score (nSPS) is 11.1. The maximum atomic E-state index is 5.07. The van der Waals surface area contributed by atoms with Crippen LogP contribution in [0.2, 0.25) is 0 Å². The molecule has 9 heteroatoms. The maximum Gasteiger partial charge on any atom is 0.164 e. The Bertz CT molecular complexity index is 3890. The number of aryl methyl sites for hydroxylation is 2. The van der Waals surface area contributed by atoms with Gasteiger partial charge in [0, 0.05) is 50.1 Å². The zero-order valence-corrected chi connectivity index (χ0v) is 41.2. The molecule has 0 spiro atoms. The van der Waals surface area contributed by atoms with Crippen LogP contribution in [0, 0.1) is 13.8 Å². The monoisotopic (exact) mass is 965 g/mol. The Morgan fingerprint density at radius 2 is 0.520 bits per heavy atom. The minimum absolute atomic E-state index is 0.597. The highest BCUT2D eigenvalue weighted by Crippen LogP contribution is 2.33. The van der Waals surface area contributed by atoms with Gasteiger partial charge in [-0.3, -0.25) is 0 Å². The fraction of sp³-hybridized carbons (Fsp3) is 0.0455. The van der Waals surface area contributed by atoms with E-state index in [0.717, 1.165) is 78.7 Å². The number of benzene rings is 9. The van der Waals surface area contributed by atoms with Crippen molar-refractivity contribution < 1.29 is 0 Å². The van der Waals surface area contributed by atoms with Crippen LogP contribution in [-0.2, 0) is 6.42 Å². The van der Waals surface area contributed by atoms with Crippen molar-refractivity contribution in [3.8, 4) is 114 Å². The van der Waals surface area contributed by atoms with Gasteiger partial charge in [-0.1, -0.05) is 236 Å². The number of rotatable bonds is 12. The number of aromatic nitrogens is 9. The van der Waals surface area contributed by atoms with Crippen molar-refractivity contribution in [1.82, 2.24) is 44.9 Å². The fourth-order valence-corrected chi connectivity index (χ4v) is 9.10. The molecule has 0 radical (unpaired) electrons. The average molecular weight is 966 g/mol. The van der Waals surface area contributed by atoms with E-state index >= 15 is 0 Å². The molecule has 0 aliphatic carbocycles. The number of hydrogen-bond donors (Lipinski definition) is 0. The summed E-state index contributed by atoms with van der Waals surface area (Å²) in [4.78, 5) is 44.7. The first-order chi connectivity index (χ1) is 36.9. The third kappa shape index (κ3) is 10.2. The van der Waals surface area contributed by atoms with Crippen LogP contribution in [0.5, 0.6) is 0 Å². The molecule has 12 aromatic rings. The van der Waals surface area contributed by atoms with Crippen LogP contribution in [0.15, 0.2) is 237 Å². The Morgan fingerprint density at radius 1 is 0.227 bits per heavy atom. The van der Waals surface area contributed by atoms with Crippen LogP contribution < -0.4 is 0 Å². The molecule has 0 amide bonds. The lowest BCUT2D eigenvalue weighted by Gasteiger charge is -2.12. The Hall–Kier alpha value is -9.99. The summed E-state index contributed by atoms with van der Waals surface area (Å²) in [5.41, 5.74) is 15.0. The van der Waals surface area contributed by atoms with Gasteiger partial charge < -0.3 is 0 Å². The molecule has 75 heavy (non-hydrogen) atoms. The lowest BCUT2D eigenvalue weighted by molar-refractivity contribution is 1.07. The summed E-state index contributed by atoms with van der Waals surface area (Å²) in [6, 6.07) is 80.2. The van der Waals surface area contributed by atoms with Gasteiger partial charge in [0.2, 0.25) is 0 Å². The van der Waals surface area contributed by atoms with E-state index in [4.69, 9.17) is 44.9 Å². The van der Waals surface area contributed by atoms with E-state index in [1.165, 1.54) is 11.1 Å². The van der Waals surface area contributed by atoms with E-state index in [-0.39, 0.29) is 0 Å². The molecule has 0 atom stereocenters. The summed E-state index contributed by atoms with van der Waals surface area (Å²) < 4.78 is 0. The summed E-state index contributed by atoms with van der Waals surface area (Å²) >= 11 is 0. The zero-order chi connectivity index (χ0) is 50.5. The van der Waals surface area contributed by atoms with Gasteiger partial charge in [-0.2, -0.15) is 0 Å². The van der Waals surface area contributed by atoms with Crippen molar-refractivity contribution in [2.75, 3.05) is 0 Å². The molecule has 0 fully saturated rings. The maximum absolute atomic E-state index is 5.07. The van der Waals surface area contributed by atoms with Gasteiger partial charge in [0.25, 0.3) is 0 Å². The average Bonchev–Trinajstić information content (AvgIpc) is 3.48. The van der Waals surface area contributed by atoms with Crippen molar-refractivity contribution in [2.24, 2.45) is 0 Å². The lowest BCUT2D eigenvalue weighted by atomic mass is 9.98. The topological polar surface area (TPSA) is 116 Å². The van der Waals surface area contributed by atoms with Crippen molar-refractivity contribution in [2.45, 2.75) is 20.3 Å². The molecule has 0 aliphatic heterocycles. The Balaban J connectivity index is 0.794. The minimum Gasteiger partial charge on any atom is -0.208 e. The molecule has 0 bridgehead atoms. The highest BCUT2D eigenvalue weighted by molar-refractivity contribution is 5.75. The quantitative estimate of drug-likeness (QED) is 0.118. The van der Waals surface area contributed by atoms with Crippen molar-refractivity contribution in [3.05, 3.63) is 259 Å². The first-order valence-electron chi connectivity index (χ1n) is 24.9. The Kier molecular flexibility index (Phi) is 12.7. The van der Waals surface area contributed by atoms with Crippen LogP contribution in [0.4, 0.5) is 0 Å². The third-order valence-corrected chi connectivity index (χ3v) is 13.1. The summed E-state index contributed by atoms with van der Waals surface area (Å²) in [6.07, 6.45) is 0.746. The molecule has 356 valence electrons. The van der Waals surface area contributed by atoms with Crippen LogP contribution in [0.3, 0.4) is 0 Å². The summed E-state index contributed by atoms with van der Waals surface area (Å²) in [5, 5.41) is 0. The molecule has 0 aliphatic rings. The van der Waals surface area contributed by atoms with Gasteiger partial charge >= 0.3 is 0 Å². The van der Waals surface area contributed by atoms with E-state index in [1.54, 1.807) is 0 Å². The Morgan fingerprint density at radius 3 is 0.880 bits per heavy atom. The van der Waals surface area contributed by atoms with Crippen LogP contribution in [-0.4, -0.2) is 44.9 Å².